The Hall–Kier alpha value is -2.34. The molecular formula is C15H16N2O3S. The highest BCUT2D eigenvalue weighted by molar-refractivity contribution is 7.09. The Morgan fingerprint density at radius 3 is 2.81 bits per heavy atom. The van der Waals surface area contributed by atoms with Gasteiger partial charge in [-0.1, -0.05) is 12.1 Å². The lowest BCUT2D eigenvalue weighted by Gasteiger charge is -2.08. The van der Waals surface area contributed by atoms with Gasteiger partial charge in [-0.15, -0.1) is 11.3 Å². The lowest BCUT2D eigenvalue weighted by Crippen LogP contribution is -2.30. The van der Waals surface area contributed by atoms with Gasteiger partial charge in [-0.2, -0.15) is 0 Å². The third kappa shape index (κ3) is 4.61. The summed E-state index contributed by atoms with van der Waals surface area (Å²) in [6.45, 7) is 0.559. The second-order valence-corrected chi connectivity index (χ2v) is 5.31. The van der Waals surface area contributed by atoms with Crippen molar-refractivity contribution in [1.29, 1.82) is 0 Å². The van der Waals surface area contributed by atoms with E-state index in [2.05, 4.69) is 15.4 Å². The number of carbonyl (C=O) groups is 2. The number of amides is 2. The number of methoxy groups -OCH3 is 1. The third-order valence-corrected chi connectivity index (χ3v) is 3.71. The first-order valence-electron chi connectivity index (χ1n) is 6.44. The molecule has 0 saturated heterocycles. The van der Waals surface area contributed by atoms with Crippen LogP contribution in [0.2, 0.25) is 0 Å². The molecule has 0 atom stereocenters. The Morgan fingerprint density at radius 1 is 1.24 bits per heavy atom. The molecule has 0 aliphatic carbocycles. The summed E-state index contributed by atoms with van der Waals surface area (Å²) >= 11 is 1.66. The lowest BCUT2D eigenvalue weighted by atomic mass is 10.2. The normalized spacial score (nSPS) is 9.95. The number of esters is 1. The molecule has 0 fully saturated rings. The van der Waals surface area contributed by atoms with Gasteiger partial charge in [0.2, 0.25) is 0 Å². The monoisotopic (exact) mass is 304 g/mol. The van der Waals surface area contributed by atoms with Crippen LogP contribution in [0.4, 0.5) is 10.5 Å². The van der Waals surface area contributed by atoms with E-state index < -0.39 is 5.97 Å². The van der Waals surface area contributed by atoms with E-state index in [1.165, 1.54) is 12.0 Å². The predicted octanol–water partition coefficient (Wildman–Crippen LogP) is 2.90. The van der Waals surface area contributed by atoms with Crippen LogP contribution in [-0.2, 0) is 11.2 Å². The number of hydrogen-bond acceptors (Lipinski definition) is 4. The summed E-state index contributed by atoms with van der Waals surface area (Å²) in [6, 6.07) is 10.3. The lowest BCUT2D eigenvalue weighted by molar-refractivity contribution is 0.0600. The molecule has 0 saturated carbocycles. The SMILES string of the molecule is COC(=O)c1cccc(NC(=O)NCCc2cccs2)c1. The van der Waals surface area contributed by atoms with Gasteiger partial charge < -0.3 is 15.4 Å². The molecule has 0 radical (unpaired) electrons. The maximum Gasteiger partial charge on any atom is 0.337 e. The second-order valence-electron chi connectivity index (χ2n) is 4.28. The Bertz CT molecular complexity index is 611. The van der Waals surface area contributed by atoms with E-state index in [-0.39, 0.29) is 6.03 Å². The number of thiophene rings is 1. The van der Waals surface area contributed by atoms with Gasteiger partial charge in [-0.05, 0) is 36.1 Å². The molecule has 6 heteroatoms. The van der Waals surface area contributed by atoms with Crippen LogP contribution in [0, 0.1) is 0 Å². The number of anilines is 1. The van der Waals surface area contributed by atoms with Gasteiger partial charge in [0.05, 0.1) is 12.7 Å². The zero-order chi connectivity index (χ0) is 15.1. The van der Waals surface area contributed by atoms with Gasteiger partial charge >= 0.3 is 12.0 Å². The van der Waals surface area contributed by atoms with Gasteiger partial charge in [0.1, 0.15) is 0 Å². The quantitative estimate of drug-likeness (QED) is 0.835. The molecule has 2 amide bonds. The Kier molecular flexibility index (Phi) is 5.34. The smallest absolute Gasteiger partial charge is 0.337 e. The first-order valence-corrected chi connectivity index (χ1v) is 7.32. The zero-order valence-corrected chi connectivity index (χ0v) is 12.4. The maximum absolute atomic E-state index is 11.8. The van der Waals surface area contributed by atoms with Gasteiger partial charge in [0.25, 0.3) is 0 Å². The van der Waals surface area contributed by atoms with Crippen molar-refractivity contribution in [1.82, 2.24) is 5.32 Å². The minimum Gasteiger partial charge on any atom is -0.465 e. The molecule has 0 aliphatic heterocycles. The van der Waals surface area contributed by atoms with Crippen LogP contribution in [0.25, 0.3) is 0 Å². The fourth-order valence-corrected chi connectivity index (χ4v) is 2.48. The highest BCUT2D eigenvalue weighted by Crippen LogP contribution is 2.11. The Morgan fingerprint density at radius 2 is 2.10 bits per heavy atom. The van der Waals surface area contributed by atoms with Crippen LogP contribution in [0.3, 0.4) is 0 Å². The van der Waals surface area contributed by atoms with E-state index in [9.17, 15) is 9.59 Å². The predicted molar refractivity (Wildman–Crippen MR) is 82.8 cm³/mol. The summed E-state index contributed by atoms with van der Waals surface area (Å²) in [5.74, 6) is -0.434. The van der Waals surface area contributed by atoms with Crippen molar-refractivity contribution in [2.24, 2.45) is 0 Å². The molecule has 0 spiro atoms. The molecule has 2 rings (SSSR count). The van der Waals surface area contributed by atoms with Crippen LogP contribution in [0.1, 0.15) is 15.2 Å². The fraction of sp³-hybridized carbons (Fsp3) is 0.200. The summed E-state index contributed by atoms with van der Waals surface area (Å²) in [5, 5.41) is 7.47. The van der Waals surface area contributed by atoms with E-state index in [1.807, 2.05) is 17.5 Å². The standard InChI is InChI=1S/C15H16N2O3S/c1-20-14(18)11-4-2-5-12(10-11)17-15(19)16-8-7-13-6-3-9-21-13/h2-6,9-10H,7-8H2,1H3,(H2,16,17,19). The highest BCUT2D eigenvalue weighted by Gasteiger charge is 2.07. The summed E-state index contributed by atoms with van der Waals surface area (Å²) in [7, 11) is 1.32. The highest BCUT2D eigenvalue weighted by atomic mass is 32.1. The first-order chi connectivity index (χ1) is 10.2. The van der Waals surface area contributed by atoms with Gasteiger partial charge in [0.15, 0.2) is 0 Å². The molecule has 1 heterocycles. The van der Waals surface area contributed by atoms with Crippen LogP contribution >= 0.6 is 11.3 Å². The number of nitrogens with one attached hydrogen (secondary N) is 2. The Labute approximate surface area is 126 Å². The van der Waals surface area contributed by atoms with Crippen molar-refractivity contribution in [3.63, 3.8) is 0 Å². The van der Waals surface area contributed by atoms with Crippen molar-refractivity contribution in [2.75, 3.05) is 19.0 Å². The number of hydrogen-bond donors (Lipinski definition) is 2. The Balaban J connectivity index is 1.83. The third-order valence-electron chi connectivity index (χ3n) is 2.78. The molecule has 0 aliphatic rings. The van der Waals surface area contributed by atoms with E-state index >= 15 is 0 Å². The van der Waals surface area contributed by atoms with Crippen molar-refractivity contribution >= 4 is 29.0 Å². The van der Waals surface area contributed by atoms with Gasteiger partial charge in [-0.3, -0.25) is 0 Å². The van der Waals surface area contributed by atoms with Crippen molar-refractivity contribution in [3.8, 4) is 0 Å². The zero-order valence-electron chi connectivity index (χ0n) is 11.6. The summed E-state index contributed by atoms with van der Waals surface area (Å²) in [6.07, 6.45) is 0.799. The number of rotatable bonds is 5. The average molecular weight is 304 g/mol. The number of carbonyl (C=O) groups excluding carboxylic acids is 2. The number of benzene rings is 1. The molecule has 1 aromatic heterocycles. The minimum absolute atomic E-state index is 0.298. The van der Waals surface area contributed by atoms with E-state index in [0.717, 1.165) is 6.42 Å². The van der Waals surface area contributed by atoms with Crippen molar-refractivity contribution in [3.05, 3.63) is 52.2 Å². The van der Waals surface area contributed by atoms with Gasteiger partial charge in [0, 0.05) is 17.1 Å². The molecule has 2 N–H and O–H groups in total. The van der Waals surface area contributed by atoms with E-state index in [4.69, 9.17) is 0 Å². The largest absolute Gasteiger partial charge is 0.465 e. The molecule has 21 heavy (non-hydrogen) atoms. The number of ether oxygens (including phenoxy) is 1. The molecule has 2 aromatic rings. The van der Waals surface area contributed by atoms with Crippen LogP contribution in [0.15, 0.2) is 41.8 Å². The second kappa shape index (κ2) is 7.44. The summed E-state index contributed by atoms with van der Waals surface area (Å²) < 4.78 is 4.64. The molecule has 5 nitrogen and oxygen atoms in total. The summed E-state index contributed by atoms with van der Waals surface area (Å²) in [5.41, 5.74) is 0.945. The van der Waals surface area contributed by atoms with Crippen LogP contribution < -0.4 is 10.6 Å². The summed E-state index contributed by atoms with van der Waals surface area (Å²) in [4.78, 5) is 24.4. The molecule has 1 aromatic carbocycles. The molecule has 0 unspecified atom stereocenters. The molecule has 110 valence electrons. The van der Waals surface area contributed by atoms with Crippen molar-refractivity contribution < 1.29 is 14.3 Å². The van der Waals surface area contributed by atoms with Crippen LogP contribution in [0.5, 0.6) is 0 Å². The number of urea groups is 1. The van der Waals surface area contributed by atoms with E-state index in [0.29, 0.717) is 17.8 Å². The maximum atomic E-state index is 11.8. The average Bonchev–Trinajstić information content (AvgIpc) is 3.00. The molecule has 0 bridgehead atoms. The van der Waals surface area contributed by atoms with Crippen molar-refractivity contribution in [2.45, 2.75) is 6.42 Å². The topological polar surface area (TPSA) is 67.4 Å². The van der Waals surface area contributed by atoms with E-state index in [1.54, 1.807) is 35.6 Å². The fourth-order valence-electron chi connectivity index (χ4n) is 1.77. The minimum atomic E-state index is -0.434. The van der Waals surface area contributed by atoms with Crippen LogP contribution in [-0.4, -0.2) is 25.7 Å². The first kappa shape index (κ1) is 15.1. The molecular weight excluding hydrogens is 288 g/mol. The van der Waals surface area contributed by atoms with Gasteiger partial charge in [-0.25, -0.2) is 9.59 Å².